The zero-order valence-electron chi connectivity index (χ0n) is 19.4. The minimum atomic E-state index is -0.757. The standard InChI is InChI=1S/C26H28N4O5/c1-33-21-10-7-19(8-11-21)27-13-14-28-25(31)22(15-18-5-3-2-4-6-18)30-26(32)29-20-9-12-23-24(16-20)35-17-34-23/h2-12,16,22,27H,13-15,17H2,1H3,(H,28,31)(H2,29,30,32)/t22-/m0/s1. The Morgan fingerprint density at radius 1 is 0.914 bits per heavy atom. The molecule has 0 fully saturated rings. The molecular formula is C26H28N4O5. The predicted molar refractivity (Wildman–Crippen MR) is 133 cm³/mol. The lowest BCUT2D eigenvalue weighted by atomic mass is 10.1. The Hall–Kier alpha value is -4.40. The molecule has 3 amide bonds. The molecule has 0 spiro atoms. The highest BCUT2D eigenvalue weighted by Crippen LogP contribution is 2.34. The first-order valence-corrected chi connectivity index (χ1v) is 11.3. The highest BCUT2D eigenvalue weighted by molar-refractivity contribution is 5.94. The summed E-state index contributed by atoms with van der Waals surface area (Å²) in [6.45, 7) is 1.07. The maximum atomic E-state index is 12.9. The van der Waals surface area contributed by atoms with Gasteiger partial charge in [-0.15, -0.1) is 0 Å². The largest absolute Gasteiger partial charge is 0.497 e. The minimum Gasteiger partial charge on any atom is -0.497 e. The lowest BCUT2D eigenvalue weighted by Crippen LogP contribution is -2.50. The minimum absolute atomic E-state index is 0.150. The summed E-state index contributed by atoms with van der Waals surface area (Å²) in [6, 6.07) is 20.9. The number of carbonyl (C=O) groups excluding carboxylic acids is 2. The summed E-state index contributed by atoms with van der Waals surface area (Å²) in [5.74, 6) is 1.69. The van der Waals surface area contributed by atoms with Crippen molar-refractivity contribution in [3.05, 3.63) is 78.4 Å². The van der Waals surface area contributed by atoms with Gasteiger partial charge in [0.25, 0.3) is 0 Å². The van der Waals surface area contributed by atoms with Crippen molar-refractivity contribution in [2.45, 2.75) is 12.5 Å². The van der Waals surface area contributed by atoms with Gasteiger partial charge < -0.3 is 35.5 Å². The molecule has 1 heterocycles. The first kappa shape index (κ1) is 23.7. The van der Waals surface area contributed by atoms with Gasteiger partial charge in [0.2, 0.25) is 12.7 Å². The molecule has 1 atom stereocenters. The number of amides is 3. The average Bonchev–Trinajstić information content (AvgIpc) is 3.35. The SMILES string of the molecule is COc1ccc(NCCNC(=O)[C@H](Cc2ccccc2)NC(=O)Nc2ccc3c(c2)OCO3)cc1. The Bertz CT molecular complexity index is 1140. The van der Waals surface area contributed by atoms with Crippen LogP contribution in [0.3, 0.4) is 0 Å². The fourth-order valence-electron chi connectivity index (χ4n) is 3.58. The van der Waals surface area contributed by atoms with Gasteiger partial charge in [-0.25, -0.2) is 4.79 Å². The van der Waals surface area contributed by atoms with E-state index in [1.165, 1.54) is 0 Å². The van der Waals surface area contributed by atoms with Gasteiger partial charge in [0.15, 0.2) is 11.5 Å². The predicted octanol–water partition coefficient (Wildman–Crippen LogP) is 3.39. The monoisotopic (exact) mass is 476 g/mol. The van der Waals surface area contributed by atoms with E-state index in [-0.39, 0.29) is 12.7 Å². The summed E-state index contributed by atoms with van der Waals surface area (Å²) >= 11 is 0. The second-order valence-corrected chi connectivity index (χ2v) is 7.86. The molecule has 0 aliphatic carbocycles. The van der Waals surface area contributed by atoms with Crippen LogP contribution in [0.1, 0.15) is 5.56 Å². The molecule has 0 radical (unpaired) electrons. The summed E-state index contributed by atoms with van der Waals surface area (Å²) in [6.07, 6.45) is 0.354. The number of urea groups is 1. The lowest BCUT2D eigenvalue weighted by Gasteiger charge is -2.19. The van der Waals surface area contributed by atoms with Crippen molar-refractivity contribution in [1.29, 1.82) is 0 Å². The van der Waals surface area contributed by atoms with Crippen molar-refractivity contribution in [2.24, 2.45) is 0 Å². The van der Waals surface area contributed by atoms with Crippen LogP contribution in [0.15, 0.2) is 72.8 Å². The van der Waals surface area contributed by atoms with Crippen LogP contribution in [0, 0.1) is 0 Å². The molecule has 9 nitrogen and oxygen atoms in total. The average molecular weight is 477 g/mol. The third-order valence-corrected chi connectivity index (χ3v) is 5.38. The van der Waals surface area contributed by atoms with E-state index in [4.69, 9.17) is 14.2 Å². The summed E-state index contributed by atoms with van der Waals surface area (Å²) in [5, 5.41) is 11.7. The number of ether oxygens (including phenoxy) is 3. The summed E-state index contributed by atoms with van der Waals surface area (Å²) in [7, 11) is 1.62. The number of nitrogens with one attached hydrogen (secondary N) is 4. The zero-order chi connectivity index (χ0) is 24.5. The van der Waals surface area contributed by atoms with Gasteiger partial charge in [-0.1, -0.05) is 30.3 Å². The van der Waals surface area contributed by atoms with Crippen molar-refractivity contribution in [2.75, 3.05) is 37.6 Å². The van der Waals surface area contributed by atoms with E-state index >= 15 is 0 Å². The van der Waals surface area contributed by atoms with Crippen LogP contribution in [0.2, 0.25) is 0 Å². The van der Waals surface area contributed by atoms with Gasteiger partial charge in [0.05, 0.1) is 7.11 Å². The van der Waals surface area contributed by atoms with Crippen molar-refractivity contribution < 1.29 is 23.8 Å². The molecule has 1 aliphatic heterocycles. The number of hydrogen-bond donors (Lipinski definition) is 4. The van der Waals surface area contributed by atoms with E-state index in [2.05, 4.69) is 21.3 Å². The Morgan fingerprint density at radius 2 is 1.66 bits per heavy atom. The molecule has 0 aromatic heterocycles. The molecule has 3 aromatic rings. The maximum absolute atomic E-state index is 12.9. The highest BCUT2D eigenvalue weighted by atomic mass is 16.7. The van der Waals surface area contributed by atoms with Crippen molar-refractivity contribution in [3.8, 4) is 17.2 Å². The molecule has 9 heteroatoms. The van der Waals surface area contributed by atoms with Crippen LogP contribution < -0.4 is 35.5 Å². The molecule has 182 valence electrons. The first-order valence-electron chi connectivity index (χ1n) is 11.3. The van der Waals surface area contributed by atoms with Crippen LogP contribution >= 0.6 is 0 Å². The third-order valence-electron chi connectivity index (χ3n) is 5.38. The van der Waals surface area contributed by atoms with Gasteiger partial charge in [0, 0.05) is 37.0 Å². The summed E-state index contributed by atoms with van der Waals surface area (Å²) < 4.78 is 15.8. The number of carbonyl (C=O) groups is 2. The highest BCUT2D eigenvalue weighted by Gasteiger charge is 2.22. The molecule has 0 saturated heterocycles. The zero-order valence-corrected chi connectivity index (χ0v) is 19.4. The molecule has 0 saturated carbocycles. The Morgan fingerprint density at radius 3 is 2.43 bits per heavy atom. The van der Waals surface area contributed by atoms with E-state index < -0.39 is 12.1 Å². The fraction of sp³-hybridized carbons (Fsp3) is 0.231. The van der Waals surface area contributed by atoms with Crippen molar-refractivity contribution >= 4 is 23.3 Å². The second kappa shape index (κ2) is 11.6. The van der Waals surface area contributed by atoms with Crippen molar-refractivity contribution in [1.82, 2.24) is 10.6 Å². The van der Waals surface area contributed by atoms with Crippen LogP contribution in [-0.2, 0) is 11.2 Å². The Labute approximate surface area is 203 Å². The van der Waals surface area contributed by atoms with Gasteiger partial charge >= 0.3 is 6.03 Å². The summed E-state index contributed by atoms with van der Waals surface area (Å²) in [4.78, 5) is 25.6. The number of anilines is 2. The van der Waals surface area contributed by atoms with Crippen LogP contribution in [0.5, 0.6) is 17.2 Å². The lowest BCUT2D eigenvalue weighted by molar-refractivity contribution is -0.122. The van der Waals surface area contributed by atoms with Gasteiger partial charge in [-0.2, -0.15) is 0 Å². The quantitative estimate of drug-likeness (QED) is 0.334. The Kier molecular flexibility index (Phi) is 7.90. The fourth-order valence-corrected chi connectivity index (χ4v) is 3.58. The molecule has 3 aromatic carbocycles. The van der Waals surface area contributed by atoms with Gasteiger partial charge in [-0.3, -0.25) is 4.79 Å². The number of rotatable bonds is 10. The Balaban J connectivity index is 1.32. The molecule has 0 unspecified atom stereocenters. The molecule has 0 bridgehead atoms. The smallest absolute Gasteiger partial charge is 0.319 e. The second-order valence-electron chi connectivity index (χ2n) is 7.86. The summed E-state index contributed by atoms with van der Waals surface area (Å²) in [5.41, 5.74) is 2.39. The van der Waals surface area contributed by atoms with Gasteiger partial charge in [-0.05, 0) is 42.0 Å². The maximum Gasteiger partial charge on any atom is 0.319 e. The number of methoxy groups -OCH3 is 1. The van der Waals surface area contributed by atoms with Crippen LogP contribution in [-0.4, -0.2) is 45.0 Å². The molecule has 4 N–H and O–H groups in total. The van der Waals surface area contributed by atoms with Crippen LogP contribution in [0.25, 0.3) is 0 Å². The van der Waals surface area contributed by atoms with E-state index in [1.54, 1.807) is 25.3 Å². The van der Waals surface area contributed by atoms with Gasteiger partial charge in [0.1, 0.15) is 11.8 Å². The van der Waals surface area contributed by atoms with E-state index in [9.17, 15) is 9.59 Å². The van der Waals surface area contributed by atoms with Crippen LogP contribution in [0.4, 0.5) is 16.2 Å². The van der Waals surface area contributed by atoms with E-state index in [0.717, 1.165) is 17.0 Å². The molecule has 35 heavy (non-hydrogen) atoms. The third kappa shape index (κ3) is 6.80. The molecular weight excluding hydrogens is 448 g/mol. The normalized spacial score (nSPS) is 12.4. The van der Waals surface area contributed by atoms with E-state index in [0.29, 0.717) is 36.7 Å². The number of fused-ring (bicyclic) bond motifs is 1. The molecule has 1 aliphatic rings. The molecule has 4 rings (SSSR count). The number of benzene rings is 3. The van der Waals surface area contributed by atoms with E-state index in [1.807, 2.05) is 54.6 Å². The first-order chi connectivity index (χ1) is 17.1. The topological polar surface area (TPSA) is 110 Å². The van der Waals surface area contributed by atoms with Crippen molar-refractivity contribution in [3.63, 3.8) is 0 Å². The number of hydrogen-bond acceptors (Lipinski definition) is 6.